The lowest BCUT2D eigenvalue weighted by Gasteiger charge is -2.39. The number of hydrogen-bond donors (Lipinski definition) is 2. The highest BCUT2D eigenvalue weighted by atomic mass is 16.3. The Labute approximate surface area is 119 Å². The van der Waals surface area contributed by atoms with Gasteiger partial charge in [-0.2, -0.15) is 0 Å². The van der Waals surface area contributed by atoms with Crippen LogP contribution in [0.2, 0.25) is 0 Å². The van der Waals surface area contributed by atoms with Gasteiger partial charge < -0.3 is 15.3 Å². The fourth-order valence-corrected chi connectivity index (χ4v) is 2.80. The summed E-state index contributed by atoms with van der Waals surface area (Å²) in [5, 5.41) is 14.1. The third kappa shape index (κ3) is 6.24. The van der Waals surface area contributed by atoms with E-state index in [1.807, 2.05) is 0 Å². The van der Waals surface area contributed by atoms with Crippen LogP contribution < -0.4 is 5.32 Å². The molecule has 3 nitrogen and oxygen atoms in total. The van der Waals surface area contributed by atoms with Crippen LogP contribution in [0.25, 0.3) is 0 Å². The zero-order valence-electron chi connectivity index (χ0n) is 13.6. The first-order chi connectivity index (χ1) is 8.78. The first kappa shape index (κ1) is 16.9. The van der Waals surface area contributed by atoms with Crippen molar-refractivity contribution in [2.45, 2.75) is 71.4 Å². The van der Waals surface area contributed by atoms with Gasteiger partial charge in [-0.15, -0.1) is 0 Å². The zero-order valence-corrected chi connectivity index (χ0v) is 13.6. The van der Waals surface area contributed by atoms with Gasteiger partial charge in [-0.1, -0.05) is 13.8 Å². The maximum atomic E-state index is 10.5. The van der Waals surface area contributed by atoms with Gasteiger partial charge in [0.25, 0.3) is 0 Å². The summed E-state index contributed by atoms with van der Waals surface area (Å²) in [6.07, 6.45) is 4.28. The van der Waals surface area contributed by atoms with E-state index in [0.29, 0.717) is 0 Å². The van der Waals surface area contributed by atoms with Crippen LogP contribution in [0, 0.1) is 5.92 Å². The van der Waals surface area contributed by atoms with Gasteiger partial charge in [0.1, 0.15) is 0 Å². The third-order valence-electron chi connectivity index (χ3n) is 4.36. The first-order valence-electron chi connectivity index (χ1n) is 7.98. The largest absolute Gasteiger partial charge is 0.389 e. The van der Waals surface area contributed by atoms with Gasteiger partial charge in [0.05, 0.1) is 5.60 Å². The normalized spacial score (nSPS) is 22.7. The summed E-state index contributed by atoms with van der Waals surface area (Å²) in [6, 6.07) is 0. The molecule has 2 N–H and O–H groups in total. The van der Waals surface area contributed by atoms with Gasteiger partial charge in [-0.25, -0.2) is 0 Å². The fraction of sp³-hybridized carbons (Fsp3) is 1.00. The number of hydrogen-bond acceptors (Lipinski definition) is 3. The average molecular weight is 270 g/mol. The van der Waals surface area contributed by atoms with Gasteiger partial charge in [0.2, 0.25) is 0 Å². The Bertz CT molecular complexity index is 256. The molecule has 1 aliphatic rings. The van der Waals surface area contributed by atoms with E-state index in [1.165, 1.54) is 12.8 Å². The average Bonchev–Trinajstić information content (AvgIpc) is 2.36. The minimum Gasteiger partial charge on any atom is -0.389 e. The molecule has 0 amide bonds. The summed E-state index contributed by atoms with van der Waals surface area (Å²) in [4.78, 5) is 2.46. The van der Waals surface area contributed by atoms with Crippen molar-refractivity contribution in [2.75, 3.05) is 26.2 Å². The Hall–Kier alpha value is -0.120. The van der Waals surface area contributed by atoms with Gasteiger partial charge in [-0.3, -0.25) is 0 Å². The number of nitrogens with zero attached hydrogens (tertiary/aromatic N) is 1. The lowest BCUT2D eigenvalue weighted by atomic mass is 9.92. The molecule has 1 heterocycles. The van der Waals surface area contributed by atoms with Gasteiger partial charge in [0, 0.05) is 18.6 Å². The lowest BCUT2D eigenvalue weighted by Crippen LogP contribution is -2.49. The predicted molar refractivity (Wildman–Crippen MR) is 82.5 cm³/mol. The molecule has 1 saturated heterocycles. The van der Waals surface area contributed by atoms with E-state index >= 15 is 0 Å². The number of nitrogens with one attached hydrogen (secondary N) is 1. The minimum absolute atomic E-state index is 0.204. The second-order valence-electron chi connectivity index (χ2n) is 7.31. The Morgan fingerprint density at radius 1 is 1.21 bits per heavy atom. The number of rotatable bonds is 6. The van der Waals surface area contributed by atoms with Crippen molar-refractivity contribution in [1.29, 1.82) is 0 Å². The van der Waals surface area contributed by atoms with Crippen molar-refractivity contribution < 1.29 is 5.11 Å². The summed E-state index contributed by atoms with van der Waals surface area (Å²) in [7, 11) is 0. The van der Waals surface area contributed by atoms with Crippen molar-refractivity contribution in [2.24, 2.45) is 5.92 Å². The maximum Gasteiger partial charge on any atom is 0.0768 e. The molecule has 1 unspecified atom stereocenters. The summed E-state index contributed by atoms with van der Waals surface area (Å²) in [5.74, 6) is 0.728. The summed E-state index contributed by atoms with van der Waals surface area (Å²) >= 11 is 0. The van der Waals surface area contributed by atoms with Crippen LogP contribution in [0.15, 0.2) is 0 Å². The number of likely N-dealkylation sites (tertiary alicyclic amines) is 1. The fourth-order valence-electron chi connectivity index (χ4n) is 2.80. The van der Waals surface area contributed by atoms with Crippen LogP contribution in [0.3, 0.4) is 0 Å². The number of aliphatic hydroxyl groups is 1. The Kier molecular flexibility index (Phi) is 6.28. The highest BCUT2D eigenvalue weighted by Gasteiger charge is 2.29. The Morgan fingerprint density at radius 3 is 2.37 bits per heavy atom. The molecule has 1 fully saturated rings. The molecule has 0 aliphatic carbocycles. The zero-order chi connectivity index (χ0) is 14.5. The smallest absolute Gasteiger partial charge is 0.0768 e. The maximum absolute atomic E-state index is 10.5. The van der Waals surface area contributed by atoms with E-state index < -0.39 is 5.60 Å². The second kappa shape index (κ2) is 7.05. The van der Waals surface area contributed by atoms with Crippen molar-refractivity contribution in [3.05, 3.63) is 0 Å². The van der Waals surface area contributed by atoms with E-state index in [9.17, 15) is 5.11 Å². The summed E-state index contributed by atoms with van der Waals surface area (Å²) < 4.78 is 0. The molecular formula is C16H34N2O. The van der Waals surface area contributed by atoms with E-state index in [-0.39, 0.29) is 5.54 Å². The number of piperidine rings is 1. The SMILES string of the molecule is CCC(O)(CC)CN1CCCC(CNC(C)(C)C)C1. The molecule has 1 atom stereocenters. The van der Waals surface area contributed by atoms with Crippen LogP contribution in [0.4, 0.5) is 0 Å². The monoisotopic (exact) mass is 270 g/mol. The van der Waals surface area contributed by atoms with E-state index in [4.69, 9.17) is 0 Å². The second-order valence-corrected chi connectivity index (χ2v) is 7.31. The van der Waals surface area contributed by atoms with Crippen molar-refractivity contribution in [1.82, 2.24) is 10.2 Å². The van der Waals surface area contributed by atoms with Crippen molar-refractivity contribution >= 4 is 0 Å². The van der Waals surface area contributed by atoms with Gasteiger partial charge >= 0.3 is 0 Å². The molecule has 3 heteroatoms. The Morgan fingerprint density at radius 2 is 1.84 bits per heavy atom. The summed E-state index contributed by atoms with van der Waals surface area (Å²) in [5.41, 5.74) is -0.283. The van der Waals surface area contributed by atoms with Gasteiger partial charge in [-0.05, 0) is 65.5 Å². The molecular weight excluding hydrogens is 236 g/mol. The molecule has 0 saturated carbocycles. The summed E-state index contributed by atoms with van der Waals surface area (Å²) in [6.45, 7) is 15.1. The molecule has 1 aliphatic heterocycles. The minimum atomic E-state index is -0.487. The first-order valence-corrected chi connectivity index (χ1v) is 7.98. The van der Waals surface area contributed by atoms with E-state index in [1.54, 1.807) is 0 Å². The molecule has 1 rings (SSSR count). The van der Waals surface area contributed by atoms with Crippen LogP contribution >= 0.6 is 0 Å². The van der Waals surface area contributed by atoms with Crippen LogP contribution in [-0.2, 0) is 0 Å². The van der Waals surface area contributed by atoms with Crippen molar-refractivity contribution in [3.63, 3.8) is 0 Å². The van der Waals surface area contributed by atoms with E-state index in [2.05, 4.69) is 44.8 Å². The van der Waals surface area contributed by atoms with Crippen molar-refractivity contribution in [3.8, 4) is 0 Å². The molecule has 0 spiro atoms. The molecule has 0 aromatic carbocycles. The standard InChI is InChI=1S/C16H34N2O/c1-6-16(19,7-2)13-18-10-8-9-14(12-18)11-17-15(3,4)5/h14,17,19H,6-13H2,1-5H3. The molecule has 0 radical (unpaired) electrons. The predicted octanol–water partition coefficient (Wildman–Crippen LogP) is 2.64. The van der Waals surface area contributed by atoms with E-state index in [0.717, 1.165) is 44.9 Å². The topological polar surface area (TPSA) is 35.5 Å². The quantitative estimate of drug-likeness (QED) is 0.779. The lowest BCUT2D eigenvalue weighted by molar-refractivity contribution is -0.0138. The number of β-amino-alcohol motifs (C(OH)–C–C–N with tert-alkyl or cyclic N) is 1. The molecule has 0 bridgehead atoms. The molecule has 114 valence electrons. The Balaban J connectivity index is 2.42. The van der Waals surface area contributed by atoms with Gasteiger partial charge in [0.15, 0.2) is 0 Å². The van der Waals surface area contributed by atoms with Crippen LogP contribution in [0.1, 0.15) is 60.3 Å². The molecule has 0 aromatic heterocycles. The highest BCUT2D eigenvalue weighted by Crippen LogP contribution is 2.22. The van der Waals surface area contributed by atoms with Crippen LogP contribution in [-0.4, -0.2) is 47.3 Å². The molecule has 19 heavy (non-hydrogen) atoms. The van der Waals surface area contributed by atoms with Crippen LogP contribution in [0.5, 0.6) is 0 Å². The molecule has 0 aromatic rings. The highest BCUT2D eigenvalue weighted by molar-refractivity contribution is 4.84. The third-order valence-corrected chi connectivity index (χ3v) is 4.36.